The van der Waals surface area contributed by atoms with Crippen molar-refractivity contribution in [3.05, 3.63) is 29.2 Å². The van der Waals surface area contributed by atoms with Gasteiger partial charge in [0, 0.05) is 0 Å². The Labute approximate surface area is 71.0 Å². The summed E-state index contributed by atoms with van der Waals surface area (Å²) in [5.74, 6) is 0. The Balaban J connectivity index is 2.86. The first-order chi connectivity index (χ1) is 4.86. The van der Waals surface area contributed by atoms with Crippen LogP contribution in [-0.4, -0.2) is 14.5 Å². The Hall–Kier alpha value is -0.171. The second-order valence-corrected chi connectivity index (χ2v) is 4.65. The molecular formula is C8H6SSe. The summed E-state index contributed by atoms with van der Waals surface area (Å²) >= 11 is 4.84. The second-order valence-electron chi connectivity index (χ2n) is 2.14. The van der Waals surface area contributed by atoms with Crippen LogP contribution < -0.4 is 0 Å². The van der Waals surface area contributed by atoms with E-state index in [2.05, 4.69) is 41.8 Å². The van der Waals surface area contributed by atoms with Crippen LogP contribution in [0, 0.1) is 0 Å². The van der Waals surface area contributed by atoms with E-state index in [4.69, 9.17) is 0 Å². The van der Waals surface area contributed by atoms with Crippen LogP contribution in [0.5, 0.6) is 0 Å². The zero-order valence-electron chi connectivity index (χ0n) is 5.24. The quantitative estimate of drug-likeness (QED) is 0.503. The van der Waals surface area contributed by atoms with Gasteiger partial charge < -0.3 is 0 Å². The molecule has 0 unspecified atom stereocenters. The van der Waals surface area contributed by atoms with Gasteiger partial charge in [0.15, 0.2) is 0 Å². The van der Waals surface area contributed by atoms with Gasteiger partial charge in [0.1, 0.15) is 0 Å². The molecule has 0 nitrogen and oxygen atoms in total. The summed E-state index contributed by atoms with van der Waals surface area (Å²) < 4.78 is 1.48. The van der Waals surface area contributed by atoms with Gasteiger partial charge in [-0.25, -0.2) is 0 Å². The summed E-state index contributed by atoms with van der Waals surface area (Å²) in [6.07, 6.45) is 0. The maximum absolute atomic E-state index is 4.26. The molecule has 1 heterocycles. The van der Waals surface area contributed by atoms with Crippen LogP contribution in [0.3, 0.4) is 0 Å². The normalized spacial score (nSPS) is 10.5. The van der Waals surface area contributed by atoms with E-state index in [9.17, 15) is 0 Å². The fraction of sp³-hybridized carbons (Fsp3) is 0. The first-order valence-electron chi connectivity index (χ1n) is 3.02. The molecule has 0 amide bonds. The molecule has 0 radical (unpaired) electrons. The van der Waals surface area contributed by atoms with Crippen LogP contribution in [0.4, 0.5) is 0 Å². The average Bonchev–Trinajstić information content (AvgIpc) is 2.33. The Morgan fingerprint density at radius 2 is 2.10 bits per heavy atom. The number of rotatable bonds is 0. The molecule has 0 aliphatic carbocycles. The topological polar surface area (TPSA) is 0 Å². The molecule has 0 fully saturated rings. The predicted octanol–water partition coefficient (Wildman–Crippen LogP) is 2.19. The molecule has 0 saturated carbocycles. The van der Waals surface area contributed by atoms with E-state index in [0.29, 0.717) is 14.5 Å². The van der Waals surface area contributed by atoms with E-state index < -0.39 is 0 Å². The van der Waals surface area contributed by atoms with Crippen LogP contribution in [-0.2, 0) is 0 Å². The maximum atomic E-state index is 4.26. The molecule has 0 aliphatic rings. The van der Waals surface area contributed by atoms with Gasteiger partial charge in [-0.15, -0.1) is 0 Å². The van der Waals surface area contributed by atoms with Gasteiger partial charge in [-0.3, -0.25) is 0 Å². The van der Waals surface area contributed by atoms with Gasteiger partial charge in [0.2, 0.25) is 0 Å². The van der Waals surface area contributed by atoms with Crippen LogP contribution in [0.2, 0.25) is 0 Å². The van der Waals surface area contributed by atoms with Crippen molar-refractivity contribution in [3.63, 3.8) is 0 Å². The molecule has 0 saturated heterocycles. The molecule has 2 heteroatoms. The van der Waals surface area contributed by atoms with Crippen molar-refractivity contribution in [2.75, 3.05) is 0 Å². The number of benzene rings is 1. The van der Waals surface area contributed by atoms with E-state index in [0.717, 1.165) is 4.90 Å². The summed E-state index contributed by atoms with van der Waals surface area (Å²) in [4.78, 5) is 3.30. The molecule has 0 aliphatic heterocycles. The molecule has 0 spiro atoms. The first kappa shape index (κ1) is 6.53. The molecule has 0 N–H and O–H groups in total. The minimum absolute atomic E-state index is 0.580. The van der Waals surface area contributed by atoms with E-state index in [1.54, 1.807) is 0 Å². The van der Waals surface area contributed by atoms with E-state index in [-0.39, 0.29) is 0 Å². The van der Waals surface area contributed by atoms with Crippen LogP contribution in [0.15, 0.2) is 34.1 Å². The molecule has 2 aromatic rings. The summed E-state index contributed by atoms with van der Waals surface area (Å²) in [6, 6.07) is 8.51. The van der Waals surface area contributed by atoms with E-state index in [1.165, 1.54) is 9.65 Å². The summed E-state index contributed by atoms with van der Waals surface area (Å²) in [7, 11) is 0. The number of fused-ring (bicyclic) bond motifs is 1. The van der Waals surface area contributed by atoms with Gasteiger partial charge in [-0.1, -0.05) is 0 Å². The Morgan fingerprint density at radius 1 is 1.20 bits per heavy atom. The number of thiol groups is 1. The first-order valence-corrected chi connectivity index (χ1v) is 5.32. The molecule has 2 rings (SSSR count). The van der Waals surface area contributed by atoms with Gasteiger partial charge in [-0.2, -0.15) is 0 Å². The van der Waals surface area contributed by atoms with Crippen molar-refractivity contribution in [2.45, 2.75) is 4.90 Å². The average molecular weight is 213 g/mol. The third-order valence-electron chi connectivity index (χ3n) is 1.44. The van der Waals surface area contributed by atoms with Gasteiger partial charge in [-0.05, 0) is 0 Å². The minimum atomic E-state index is 0.580. The SMILES string of the molecule is Sc1ccc2[se]ccc2c1. The van der Waals surface area contributed by atoms with Crippen LogP contribution in [0.25, 0.3) is 9.65 Å². The molecule has 1 aromatic carbocycles. The number of hydrogen-bond acceptors (Lipinski definition) is 1. The van der Waals surface area contributed by atoms with Crippen LogP contribution >= 0.6 is 12.6 Å². The molecule has 0 bridgehead atoms. The van der Waals surface area contributed by atoms with Crippen molar-refractivity contribution in [1.29, 1.82) is 0 Å². The van der Waals surface area contributed by atoms with Gasteiger partial charge in [0.05, 0.1) is 0 Å². The Bertz CT molecular complexity index is 351. The van der Waals surface area contributed by atoms with Crippen molar-refractivity contribution >= 4 is 36.8 Å². The van der Waals surface area contributed by atoms with Crippen LogP contribution in [0.1, 0.15) is 0 Å². The Kier molecular flexibility index (Phi) is 1.61. The predicted molar refractivity (Wildman–Crippen MR) is 48.1 cm³/mol. The fourth-order valence-electron chi connectivity index (χ4n) is 0.954. The van der Waals surface area contributed by atoms with Crippen molar-refractivity contribution in [3.8, 4) is 0 Å². The zero-order chi connectivity index (χ0) is 6.97. The van der Waals surface area contributed by atoms with Crippen molar-refractivity contribution in [2.24, 2.45) is 0 Å². The molecule has 10 heavy (non-hydrogen) atoms. The third-order valence-corrected chi connectivity index (χ3v) is 3.60. The third kappa shape index (κ3) is 1.03. The summed E-state index contributed by atoms with van der Waals surface area (Å²) in [6.45, 7) is 0. The fourth-order valence-corrected chi connectivity index (χ4v) is 2.79. The number of hydrogen-bond donors (Lipinski definition) is 1. The zero-order valence-corrected chi connectivity index (χ0v) is 7.85. The second kappa shape index (κ2) is 2.46. The van der Waals surface area contributed by atoms with Crippen molar-refractivity contribution < 1.29 is 0 Å². The summed E-state index contributed by atoms with van der Waals surface area (Å²) in [5.41, 5.74) is 0. The monoisotopic (exact) mass is 214 g/mol. The van der Waals surface area contributed by atoms with Gasteiger partial charge in [0.25, 0.3) is 0 Å². The molecule has 50 valence electrons. The Morgan fingerprint density at radius 3 is 3.00 bits per heavy atom. The summed E-state index contributed by atoms with van der Waals surface area (Å²) in [5, 5.41) is 1.35. The molecule has 1 aromatic heterocycles. The molecule has 0 atom stereocenters. The van der Waals surface area contributed by atoms with Gasteiger partial charge >= 0.3 is 70.9 Å². The van der Waals surface area contributed by atoms with Crippen molar-refractivity contribution in [1.82, 2.24) is 0 Å². The molecular weight excluding hydrogens is 207 g/mol. The standard InChI is InChI=1S/C8H6SSe/c9-7-1-2-8-6(5-7)3-4-10-8/h1-5,9H. The van der Waals surface area contributed by atoms with E-state index >= 15 is 0 Å². The van der Waals surface area contributed by atoms with E-state index in [1.807, 2.05) is 0 Å².